The van der Waals surface area contributed by atoms with Crippen LogP contribution in [0, 0.1) is 0 Å². The van der Waals surface area contributed by atoms with Crippen molar-refractivity contribution >= 4 is 10.0 Å². The molecule has 0 aromatic rings. The van der Waals surface area contributed by atoms with Crippen molar-refractivity contribution < 1.29 is 8.42 Å². The maximum Gasteiger partial charge on any atom is 0.220 e. The second-order valence-electron chi connectivity index (χ2n) is 6.08. The van der Waals surface area contributed by atoms with Gasteiger partial charge in [0.25, 0.3) is 0 Å². The molecule has 0 spiro atoms. The zero-order valence-corrected chi connectivity index (χ0v) is 12.5. The zero-order chi connectivity index (χ0) is 13.4. The molecule has 0 saturated carbocycles. The third kappa shape index (κ3) is 2.57. The van der Waals surface area contributed by atoms with Gasteiger partial charge < -0.3 is 10.2 Å². The van der Waals surface area contributed by atoms with Gasteiger partial charge in [-0.25, -0.2) is 8.42 Å². The van der Waals surface area contributed by atoms with Crippen molar-refractivity contribution in [3.05, 3.63) is 0 Å². The molecular weight excluding hydrogens is 250 g/mol. The van der Waals surface area contributed by atoms with Crippen LogP contribution in [-0.2, 0) is 10.0 Å². The maximum atomic E-state index is 12.6. The first kappa shape index (κ1) is 14.2. The summed E-state index contributed by atoms with van der Waals surface area (Å²) in [6.07, 6.45) is 2.28. The van der Waals surface area contributed by atoms with Gasteiger partial charge in [-0.3, -0.25) is 0 Å². The number of sulfonamides is 1. The molecule has 0 radical (unpaired) electrons. The fourth-order valence-corrected chi connectivity index (χ4v) is 4.47. The van der Waals surface area contributed by atoms with E-state index in [0.717, 1.165) is 19.5 Å². The summed E-state index contributed by atoms with van der Waals surface area (Å²) < 4.78 is 26.2. The van der Waals surface area contributed by atoms with Crippen molar-refractivity contribution in [1.29, 1.82) is 0 Å². The lowest BCUT2D eigenvalue weighted by Gasteiger charge is -2.32. The predicted molar refractivity (Wildman–Crippen MR) is 73.1 cm³/mol. The quantitative estimate of drug-likeness (QED) is 0.776. The van der Waals surface area contributed by atoms with Gasteiger partial charge in [0.15, 0.2) is 0 Å². The first-order chi connectivity index (χ1) is 8.34. The van der Waals surface area contributed by atoms with Crippen molar-refractivity contribution in [3.8, 4) is 0 Å². The van der Waals surface area contributed by atoms with E-state index in [-0.39, 0.29) is 0 Å². The molecule has 2 fully saturated rings. The normalized spacial score (nSPS) is 33.4. The molecule has 1 atom stereocenters. The standard InChI is InChI=1S/C12H25N3O2S/c1-12(2)10-13-6-8-15(18(12,16)17)9-11-5-4-7-14(11)3/h11,13H,4-10H2,1-3H3. The molecule has 0 aromatic heterocycles. The van der Waals surface area contributed by atoms with Gasteiger partial charge in [-0.2, -0.15) is 4.31 Å². The van der Waals surface area contributed by atoms with E-state index in [9.17, 15) is 8.42 Å². The fraction of sp³-hybridized carbons (Fsp3) is 1.00. The Morgan fingerprint density at radius 2 is 2.06 bits per heavy atom. The summed E-state index contributed by atoms with van der Waals surface area (Å²) in [5.41, 5.74) is 0. The highest BCUT2D eigenvalue weighted by atomic mass is 32.2. The molecule has 0 amide bonds. The van der Waals surface area contributed by atoms with Gasteiger partial charge in [0.2, 0.25) is 10.0 Å². The Morgan fingerprint density at radius 3 is 2.67 bits per heavy atom. The average Bonchev–Trinajstić information content (AvgIpc) is 2.63. The van der Waals surface area contributed by atoms with Crippen LogP contribution in [0.3, 0.4) is 0 Å². The highest BCUT2D eigenvalue weighted by Crippen LogP contribution is 2.25. The second kappa shape index (κ2) is 5.07. The Labute approximate surface area is 111 Å². The van der Waals surface area contributed by atoms with Gasteiger partial charge in [-0.05, 0) is 40.3 Å². The van der Waals surface area contributed by atoms with Crippen molar-refractivity contribution in [3.63, 3.8) is 0 Å². The second-order valence-corrected chi connectivity index (χ2v) is 8.65. The molecule has 0 aliphatic carbocycles. The van der Waals surface area contributed by atoms with Crippen molar-refractivity contribution in [2.45, 2.75) is 37.5 Å². The minimum absolute atomic E-state index is 0.383. The molecule has 2 rings (SSSR count). The van der Waals surface area contributed by atoms with E-state index in [1.54, 1.807) is 4.31 Å². The van der Waals surface area contributed by atoms with Crippen molar-refractivity contribution in [2.24, 2.45) is 0 Å². The molecule has 5 nitrogen and oxygen atoms in total. The van der Waals surface area contributed by atoms with Crippen LogP contribution in [-0.4, -0.2) is 68.2 Å². The number of likely N-dealkylation sites (N-methyl/N-ethyl adjacent to an activating group) is 1. The van der Waals surface area contributed by atoms with Crippen molar-refractivity contribution in [1.82, 2.24) is 14.5 Å². The lowest BCUT2D eigenvalue weighted by atomic mass is 10.2. The topological polar surface area (TPSA) is 52.6 Å². The molecule has 106 valence electrons. The molecular formula is C12H25N3O2S. The number of nitrogens with one attached hydrogen (secondary N) is 1. The molecule has 1 unspecified atom stereocenters. The van der Waals surface area contributed by atoms with Crippen LogP contribution in [0.1, 0.15) is 26.7 Å². The molecule has 2 heterocycles. The Bertz CT molecular complexity index is 394. The van der Waals surface area contributed by atoms with E-state index in [4.69, 9.17) is 0 Å². The van der Waals surface area contributed by atoms with E-state index < -0.39 is 14.8 Å². The van der Waals surface area contributed by atoms with E-state index in [2.05, 4.69) is 17.3 Å². The van der Waals surface area contributed by atoms with Crippen LogP contribution >= 0.6 is 0 Å². The third-order valence-electron chi connectivity index (χ3n) is 4.21. The number of hydrogen-bond acceptors (Lipinski definition) is 4. The van der Waals surface area contributed by atoms with Gasteiger partial charge >= 0.3 is 0 Å². The number of likely N-dealkylation sites (tertiary alicyclic amines) is 1. The first-order valence-corrected chi connectivity index (χ1v) is 8.19. The van der Waals surface area contributed by atoms with E-state index in [0.29, 0.717) is 25.7 Å². The summed E-state index contributed by atoms with van der Waals surface area (Å²) in [6.45, 7) is 7.23. The summed E-state index contributed by atoms with van der Waals surface area (Å²) in [6, 6.07) is 0.383. The first-order valence-electron chi connectivity index (χ1n) is 6.75. The van der Waals surface area contributed by atoms with Gasteiger partial charge in [0.05, 0.1) is 4.75 Å². The van der Waals surface area contributed by atoms with Crippen LogP contribution in [0.5, 0.6) is 0 Å². The average molecular weight is 275 g/mol. The molecule has 2 saturated heterocycles. The van der Waals surface area contributed by atoms with Gasteiger partial charge in [0.1, 0.15) is 0 Å². The summed E-state index contributed by atoms with van der Waals surface area (Å²) in [7, 11) is -1.12. The highest BCUT2D eigenvalue weighted by Gasteiger charge is 2.42. The number of rotatable bonds is 2. The summed E-state index contributed by atoms with van der Waals surface area (Å²) in [5.74, 6) is 0. The molecule has 0 bridgehead atoms. The van der Waals surface area contributed by atoms with Crippen molar-refractivity contribution in [2.75, 3.05) is 39.8 Å². The Hall–Kier alpha value is -0.170. The van der Waals surface area contributed by atoms with Gasteiger partial charge in [0, 0.05) is 32.2 Å². The van der Waals surface area contributed by atoms with Crippen LogP contribution in [0.2, 0.25) is 0 Å². The predicted octanol–water partition coefficient (Wildman–Crippen LogP) is 0.0942. The minimum Gasteiger partial charge on any atom is -0.314 e. The Morgan fingerprint density at radius 1 is 1.33 bits per heavy atom. The summed E-state index contributed by atoms with van der Waals surface area (Å²) >= 11 is 0. The molecule has 0 aromatic carbocycles. The van der Waals surface area contributed by atoms with Crippen LogP contribution in [0.4, 0.5) is 0 Å². The fourth-order valence-electron chi connectivity index (χ4n) is 2.79. The Balaban J connectivity index is 2.15. The number of hydrogen-bond donors (Lipinski definition) is 1. The molecule has 1 N–H and O–H groups in total. The van der Waals surface area contributed by atoms with E-state index in [1.165, 1.54) is 6.42 Å². The molecule has 6 heteroatoms. The number of nitrogens with zero attached hydrogens (tertiary/aromatic N) is 2. The zero-order valence-electron chi connectivity index (χ0n) is 11.6. The van der Waals surface area contributed by atoms with Crippen LogP contribution in [0.15, 0.2) is 0 Å². The SMILES string of the molecule is CN1CCCC1CN1CCNCC(C)(C)S1(=O)=O. The maximum absolute atomic E-state index is 12.6. The monoisotopic (exact) mass is 275 g/mol. The smallest absolute Gasteiger partial charge is 0.220 e. The van der Waals surface area contributed by atoms with E-state index >= 15 is 0 Å². The summed E-state index contributed by atoms with van der Waals surface area (Å²) in [5, 5.41) is 3.22. The van der Waals surface area contributed by atoms with Gasteiger partial charge in [-0.1, -0.05) is 0 Å². The largest absolute Gasteiger partial charge is 0.314 e. The van der Waals surface area contributed by atoms with E-state index in [1.807, 2.05) is 13.8 Å². The molecule has 2 aliphatic heterocycles. The molecule has 2 aliphatic rings. The highest BCUT2D eigenvalue weighted by molar-refractivity contribution is 7.90. The van der Waals surface area contributed by atoms with Gasteiger partial charge in [-0.15, -0.1) is 0 Å². The minimum atomic E-state index is -3.20. The Kier molecular flexibility index (Phi) is 4.02. The third-order valence-corrected chi connectivity index (χ3v) is 6.77. The van der Waals surface area contributed by atoms with Crippen LogP contribution < -0.4 is 5.32 Å². The lowest BCUT2D eigenvalue weighted by Crippen LogP contribution is -2.49. The summed E-state index contributed by atoms with van der Waals surface area (Å²) in [4.78, 5) is 2.28. The molecule has 18 heavy (non-hydrogen) atoms. The lowest BCUT2D eigenvalue weighted by molar-refractivity contribution is 0.257. The van der Waals surface area contributed by atoms with Crippen LogP contribution in [0.25, 0.3) is 0 Å².